The van der Waals surface area contributed by atoms with Crippen molar-refractivity contribution in [1.82, 2.24) is 5.32 Å². The average molecular weight is 237 g/mol. The summed E-state index contributed by atoms with van der Waals surface area (Å²) in [5, 5.41) is 3.16. The first-order chi connectivity index (χ1) is 8.20. The Balaban J connectivity index is 1.95. The predicted molar refractivity (Wildman–Crippen MR) is 62.2 cm³/mol. The normalized spacial score (nSPS) is 24.4. The second kappa shape index (κ2) is 5.27. The van der Waals surface area contributed by atoms with Crippen LogP contribution in [0.25, 0.3) is 0 Å². The van der Waals surface area contributed by atoms with Gasteiger partial charge in [-0.05, 0) is 36.5 Å². The number of ether oxygens (including phenoxy) is 1. The van der Waals surface area contributed by atoms with Gasteiger partial charge in [-0.25, -0.2) is 4.39 Å². The Morgan fingerprint density at radius 3 is 2.59 bits per heavy atom. The molecule has 1 fully saturated rings. The first kappa shape index (κ1) is 12.0. The number of piperidine rings is 1. The Labute approximate surface area is 100.0 Å². The van der Waals surface area contributed by atoms with E-state index in [4.69, 9.17) is 4.74 Å². The van der Waals surface area contributed by atoms with Crippen LogP contribution in [0.1, 0.15) is 24.3 Å². The number of methoxy groups -OCH3 is 1. The summed E-state index contributed by atoms with van der Waals surface area (Å²) in [4.78, 5) is 11.3. The molecule has 1 aliphatic heterocycles. The third kappa shape index (κ3) is 2.82. The monoisotopic (exact) mass is 237 g/mol. The van der Waals surface area contributed by atoms with Crippen molar-refractivity contribution in [1.29, 1.82) is 0 Å². The van der Waals surface area contributed by atoms with Crippen molar-refractivity contribution in [2.75, 3.05) is 13.7 Å². The highest BCUT2D eigenvalue weighted by molar-refractivity contribution is 5.75. The van der Waals surface area contributed by atoms with Crippen LogP contribution >= 0.6 is 0 Å². The minimum atomic E-state index is -0.218. The topological polar surface area (TPSA) is 38.3 Å². The van der Waals surface area contributed by atoms with Crippen LogP contribution < -0.4 is 5.32 Å². The Kier molecular flexibility index (Phi) is 3.74. The predicted octanol–water partition coefficient (Wildman–Crippen LogP) is 1.83. The lowest BCUT2D eigenvalue weighted by Gasteiger charge is -2.28. The minimum absolute atomic E-state index is 0.198. The smallest absolute Gasteiger partial charge is 0.322 e. The van der Waals surface area contributed by atoms with Crippen molar-refractivity contribution in [2.45, 2.75) is 24.8 Å². The molecule has 0 aliphatic carbocycles. The molecule has 2 rings (SSSR count). The number of rotatable bonds is 2. The van der Waals surface area contributed by atoms with Gasteiger partial charge in [0.25, 0.3) is 0 Å². The van der Waals surface area contributed by atoms with E-state index in [0.717, 1.165) is 24.9 Å². The van der Waals surface area contributed by atoms with Crippen molar-refractivity contribution in [3.05, 3.63) is 35.6 Å². The molecule has 0 amide bonds. The third-order valence-electron chi connectivity index (χ3n) is 3.24. The molecule has 92 valence electrons. The van der Waals surface area contributed by atoms with Crippen molar-refractivity contribution >= 4 is 5.97 Å². The first-order valence-electron chi connectivity index (χ1n) is 5.77. The van der Waals surface area contributed by atoms with Gasteiger partial charge < -0.3 is 10.1 Å². The fourth-order valence-electron chi connectivity index (χ4n) is 2.22. The first-order valence-corrected chi connectivity index (χ1v) is 5.77. The van der Waals surface area contributed by atoms with Crippen LogP contribution in [-0.4, -0.2) is 25.7 Å². The van der Waals surface area contributed by atoms with E-state index < -0.39 is 0 Å². The van der Waals surface area contributed by atoms with Gasteiger partial charge in [0.1, 0.15) is 11.9 Å². The molecule has 0 bridgehead atoms. The molecular weight excluding hydrogens is 221 g/mol. The van der Waals surface area contributed by atoms with E-state index in [9.17, 15) is 9.18 Å². The van der Waals surface area contributed by atoms with E-state index >= 15 is 0 Å². The highest BCUT2D eigenvalue weighted by Gasteiger charge is 2.26. The van der Waals surface area contributed by atoms with Gasteiger partial charge in [-0.3, -0.25) is 4.79 Å². The number of hydrogen-bond acceptors (Lipinski definition) is 3. The molecule has 0 aromatic heterocycles. The van der Waals surface area contributed by atoms with Gasteiger partial charge in [-0.1, -0.05) is 12.1 Å². The molecule has 1 N–H and O–H groups in total. The average Bonchev–Trinajstić information content (AvgIpc) is 2.39. The highest BCUT2D eigenvalue weighted by Crippen LogP contribution is 2.25. The Morgan fingerprint density at radius 2 is 2.06 bits per heavy atom. The largest absolute Gasteiger partial charge is 0.468 e. The number of benzene rings is 1. The maximum absolute atomic E-state index is 12.8. The van der Waals surface area contributed by atoms with E-state index in [-0.39, 0.29) is 17.8 Å². The van der Waals surface area contributed by atoms with Crippen LogP contribution in [0.15, 0.2) is 24.3 Å². The number of halogens is 1. The lowest BCUT2D eigenvalue weighted by atomic mass is 9.89. The standard InChI is InChI=1S/C13H16FNO2/c1-17-13(16)12-7-4-10(8-15-12)9-2-5-11(14)6-3-9/h2-3,5-6,10,12,15H,4,7-8H2,1H3. The molecule has 1 saturated heterocycles. The molecule has 1 aromatic carbocycles. The number of carbonyl (C=O) groups excluding carboxylic acids is 1. The summed E-state index contributed by atoms with van der Waals surface area (Å²) in [6.07, 6.45) is 1.67. The molecule has 1 aliphatic rings. The van der Waals surface area contributed by atoms with Crippen LogP contribution in [0.2, 0.25) is 0 Å². The third-order valence-corrected chi connectivity index (χ3v) is 3.24. The second-order valence-electron chi connectivity index (χ2n) is 4.31. The molecule has 3 nitrogen and oxygen atoms in total. The minimum Gasteiger partial charge on any atom is -0.468 e. The van der Waals surface area contributed by atoms with E-state index in [2.05, 4.69) is 5.32 Å². The van der Waals surface area contributed by atoms with Gasteiger partial charge in [0.15, 0.2) is 0 Å². The van der Waals surface area contributed by atoms with E-state index in [1.807, 2.05) is 0 Å². The zero-order chi connectivity index (χ0) is 12.3. The van der Waals surface area contributed by atoms with Crippen molar-refractivity contribution in [3.8, 4) is 0 Å². The molecule has 1 aromatic rings. The summed E-state index contributed by atoms with van der Waals surface area (Å²) in [6, 6.07) is 6.36. The van der Waals surface area contributed by atoms with Crippen molar-refractivity contribution in [2.24, 2.45) is 0 Å². The summed E-state index contributed by atoms with van der Waals surface area (Å²) >= 11 is 0. The van der Waals surface area contributed by atoms with Gasteiger partial charge in [0.05, 0.1) is 7.11 Å². The molecule has 2 atom stereocenters. The highest BCUT2D eigenvalue weighted by atomic mass is 19.1. The number of nitrogens with one attached hydrogen (secondary N) is 1. The van der Waals surface area contributed by atoms with E-state index in [1.54, 1.807) is 12.1 Å². The SMILES string of the molecule is COC(=O)C1CCC(c2ccc(F)cc2)CN1. The van der Waals surface area contributed by atoms with Crippen LogP contribution in [0, 0.1) is 5.82 Å². The zero-order valence-electron chi connectivity index (χ0n) is 9.78. The molecule has 17 heavy (non-hydrogen) atoms. The van der Waals surface area contributed by atoms with Crippen LogP contribution in [0.3, 0.4) is 0 Å². The molecular formula is C13H16FNO2. The Bertz CT molecular complexity index is 383. The summed E-state index contributed by atoms with van der Waals surface area (Å²) in [7, 11) is 1.40. The van der Waals surface area contributed by atoms with Crippen molar-refractivity contribution < 1.29 is 13.9 Å². The Hall–Kier alpha value is -1.42. The molecule has 0 saturated carbocycles. The van der Waals surface area contributed by atoms with E-state index in [1.165, 1.54) is 19.2 Å². The fraction of sp³-hybridized carbons (Fsp3) is 0.462. The van der Waals surface area contributed by atoms with Gasteiger partial charge in [0, 0.05) is 6.54 Å². The van der Waals surface area contributed by atoms with Crippen molar-refractivity contribution in [3.63, 3.8) is 0 Å². The maximum atomic E-state index is 12.8. The van der Waals surface area contributed by atoms with E-state index in [0.29, 0.717) is 5.92 Å². The quantitative estimate of drug-likeness (QED) is 0.797. The van der Waals surface area contributed by atoms with Gasteiger partial charge in [-0.2, -0.15) is 0 Å². The molecule has 1 heterocycles. The van der Waals surface area contributed by atoms with Gasteiger partial charge in [0.2, 0.25) is 0 Å². The summed E-state index contributed by atoms with van der Waals surface area (Å²) in [5.41, 5.74) is 1.11. The number of hydrogen-bond donors (Lipinski definition) is 1. The summed E-state index contributed by atoms with van der Waals surface area (Å²) in [5.74, 6) is -0.0796. The van der Waals surface area contributed by atoms with Crippen LogP contribution in [-0.2, 0) is 9.53 Å². The van der Waals surface area contributed by atoms with Gasteiger partial charge in [-0.15, -0.1) is 0 Å². The molecule has 2 unspecified atom stereocenters. The summed E-state index contributed by atoms with van der Waals surface area (Å²) in [6.45, 7) is 0.728. The lowest BCUT2D eigenvalue weighted by Crippen LogP contribution is -2.43. The summed E-state index contributed by atoms with van der Waals surface area (Å²) < 4.78 is 17.5. The fourth-order valence-corrected chi connectivity index (χ4v) is 2.22. The molecule has 0 spiro atoms. The number of esters is 1. The zero-order valence-corrected chi connectivity index (χ0v) is 9.78. The lowest BCUT2D eigenvalue weighted by molar-refractivity contribution is -0.143. The second-order valence-corrected chi connectivity index (χ2v) is 4.31. The van der Waals surface area contributed by atoms with Crippen LogP contribution in [0.4, 0.5) is 4.39 Å². The molecule has 0 radical (unpaired) electrons. The Morgan fingerprint density at radius 1 is 1.35 bits per heavy atom. The van der Waals surface area contributed by atoms with Gasteiger partial charge >= 0.3 is 5.97 Å². The van der Waals surface area contributed by atoms with Crippen LogP contribution in [0.5, 0.6) is 0 Å². The maximum Gasteiger partial charge on any atom is 0.322 e. The number of carbonyl (C=O) groups is 1. The molecule has 4 heteroatoms.